The maximum absolute atomic E-state index is 5.05. The highest BCUT2D eigenvalue weighted by Crippen LogP contribution is 1.68. The fourth-order valence-electron chi connectivity index (χ4n) is 0.243. The number of rotatable bonds is 0. The van der Waals surface area contributed by atoms with Crippen molar-refractivity contribution >= 4 is 0 Å². The van der Waals surface area contributed by atoms with Gasteiger partial charge in [-0.2, -0.15) is 9.89 Å². The Morgan fingerprint density at radius 2 is 2.67 bits per heavy atom. The summed E-state index contributed by atoms with van der Waals surface area (Å²) in [7, 11) is 0. The molecule has 3 nitrogen and oxygen atoms in total. The van der Waals surface area contributed by atoms with E-state index < -0.39 is 0 Å². The number of hydrogen-bond acceptors (Lipinski definition) is 2. The summed E-state index contributed by atoms with van der Waals surface area (Å²) in [6.45, 7) is 0. The van der Waals surface area contributed by atoms with Gasteiger partial charge in [0.05, 0.1) is 12.4 Å². The highest BCUT2D eigenvalue weighted by Gasteiger charge is 1.70. The monoisotopic (exact) mass is 82.0 g/mol. The lowest BCUT2D eigenvalue weighted by Crippen LogP contribution is -2.06. The van der Waals surface area contributed by atoms with Crippen molar-refractivity contribution in [3.8, 4) is 0 Å². The first-order chi connectivity index (χ1) is 2.89. The van der Waals surface area contributed by atoms with Gasteiger partial charge in [-0.3, -0.25) is 0 Å². The first kappa shape index (κ1) is 3.21. The molecule has 0 unspecified atom stereocenters. The van der Waals surface area contributed by atoms with Crippen LogP contribution in [0.25, 0.3) is 0 Å². The van der Waals surface area contributed by atoms with Gasteiger partial charge in [0.1, 0.15) is 0 Å². The van der Waals surface area contributed by atoms with Crippen molar-refractivity contribution in [2.45, 2.75) is 0 Å². The van der Waals surface area contributed by atoms with Crippen molar-refractivity contribution in [2.24, 2.45) is 0 Å². The fraction of sp³-hybridized carbons (Fsp3) is 0. The maximum Gasteiger partial charge on any atom is 0.0590 e. The summed E-state index contributed by atoms with van der Waals surface area (Å²) >= 11 is 0. The van der Waals surface area contributed by atoms with Gasteiger partial charge < -0.3 is 5.84 Å². The van der Waals surface area contributed by atoms with Crippen LogP contribution in [0.4, 0.5) is 0 Å². The van der Waals surface area contributed by atoms with Gasteiger partial charge in [0.25, 0.3) is 0 Å². The van der Waals surface area contributed by atoms with Crippen LogP contribution in [0, 0.1) is 6.07 Å². The first-order valence-corrected chi connectivity index (χ1v) is 1.55. The van der Waals surface area contributed by atoms with Crippen LogP contribution >= 0.6 is 0 Å². The highest BCUT2D eigenvalue weighted by atomic mass is 15.5. The van der Waals surface area contributed by atoms with Crippen molar-refractivity contribution < 1.29 is 0 Å². The van der Waals surface area contributed by atoms with Gasteiger partial charge in [0, 0.05) is 6.07 Å². The molecule has 0 saturated heterocycles. The molecule has 0 atom stereocenters. The molecule has 0 bridgehead atoms. The summed E-state index contributed by atoms with van der Waals surface area (Å²) in [5.74, 6) is 5.05. The molecule has 1 rings (SSSR count). The third kappa shape index (κ3) is 0.337. The molecular weight excluding hydrogens is 78.1 g/mol. The minimum Gasteiger partial charge on any atom is -0.323 e. The van der Waals surface area contributed by atoms with E-state index in [0.717, 1.165) is 0 Å². The largest absolute Gasteiger partial charge is 0.323 e. The SMILES string of the molecule is Nn1c[c]cn1. The zero-order chi connectivity index (χ0) is 4.41. The van der Waals surface area contributed by atoms with E-state index in [0.29, 0.717) is 0 Å². The Morgan fingerprint density at radius 1 is 1.83 bits per heavy atom. The van der Waals surface area contributed by atoms with Crippen LogP contribution in [0.15, 0.2) is 12.4 Å². The molecule has 6 heavy (non-hydrogen) atoms. The van der Waals surface area contributed by atoms with Crippen molar-refractivity contribution in [3.63, 3.8) is 0 Å². The van der Waals surface area contributed by atoms with E-state index in [-0.39, 0.29) is 0 Å². The number of nitrogen functional groups attached to an aromatic ring is 1. The molecule has 3 heteroatoms. The second kappa shape index (κ2) is 1.01. The number of aromatic nitrogens is 2. The molecule has 0 aliphatic rings. The van der Waals surface area contributed by atoms with Crippen LogP contribution in [0.1, 0.15) is 0 Å². The Balaban J connectivity index is 3.05. The molecule has 1 radical (unpaired) electrons. The zero-order valence-electron chi connectivity index (χ0n) is 3.13. The fourth-order valence-corrected chi connectivity index (χ4v) is 0.243. The van der Waals surface area contributed by atoms with E-state index >= 15 is 0 Å². The Bertz CT molecular complexity index is 110. The quantitative estimate of drug-likeness (QED) is 0.424. The average Bonchev–Trinajstić information content (AvgIpc) is 1.86. The Hall–Kier alpha value is -0.990. The van der Waals surface area contributed by atoms with Gasteiger partial charge in [-0.25, -0.2) is 0 Å². The van der Waals surface area contributed by atoms with Crippen LogP contribution in [0.3, 0.4) is 0 Å². The minimum atomic E-state index is 1.19. The second-order valence-electron chi connectivity index (χ2n) is 0.920. The van der Waals surface area contributed by atoms with E-state index in [4.69, 9.17) is 5.84 Å². The summed E-state index contributed by atoms with van der Waals surface area (Å²) in [4.78, 5) is 1.19. The van der Waals surface area contributed by atoms with Crippen LogP contribution < -0.4 is 5.84 Å². The predicted octanol–water partition coefficient (Wildman–Crippen LogP) is -0.603. The molecule has 0 amide bonds. The zero-order valence-corrected chi connectivity index (χ0v) is 3.13. The lowest BCUT2D eigenvalue weighted by atomic mass is 10.8. The summed E-state index contributed by atoms with van der Waals surface area (Å²) < 4.78 is 0. The first-order valence-electron chi connectivity index (χ1n) is 1.55. The van der Waals surface area contributed by atoms with Crippen LogP contribution in [-0.2, 0) is 0 Å². The third-order valence-corrected chi connectivity index (χ3v) is 0.472. The molecule has 2 N–H and O–H groups in total. The molecule has 1 aromatic heterocycles. The van der Waals surface area contributed by atoms with Crippen molar-refractivity contribution in [1.82, 2.24) is 9.89 Å². The van der Waals surface area contributed by atoms with Gasteiger partial charge in [-0.05, 0) is 0 Å². The van der Waals surface area contributed by atoms with E-state index in [1.54, 1.807) is 6.20 Å². The summed E-state index contributed by atoms with van der Waals surface area (Å²) in [6.07, 6.45) is 3.04. The average molecular weight is 82.1 g/mol. The molecular formula is C3H4N3. The third-order valence-electron chi connectivity index (χ3n) is 0.472. The molecule has 1 heterocycles. The smallest absolute Gasteiger partial charge is 0.0590 e. The highest BCUT2D eigenvalue weighted by molar-refractivity contribution is 4.73. The van der Waals surface area contributed by atoms with Crippen LogP contribution in [0.5, 0.6) is 0 Å². The standard InChI is InChI=1S/C3H4N3/c4-6-3-1-2-5-6/h2-3H,4H2. The maximum atomic E-state index is 5.05. The van der Waals surface area contributed by atoms with Crippen LogP contribution in [0.2, 0.25) is 0 Å². The Labute approximate surface area is 35.3 Å². The lowest BCUT2D eigenvalue weighted by Gasteiger charge is -1.78. The molecule has 0 saturated carbocycles. The van der Waals surface area contributed by atoms with E-state index in [1.165, 1.54) is 11.0 Å². The van der Waals surface area contributed by atoms with Gasteiger partial charge in [0.15, 0.2) is 0 Å². The molecule has 31 valence electrons. The van der Waals surface area contributed by atoms with Crippen LogP contribution in [-0.4, -0.2) is 9.89 Å². The van der Waals surface area contributed by atoms with Gasteiger partial charge in [0.2, 0.25) is 0 Å². The Kier molecular flexibility index (Phi) is 0.538. The number of nitrogens with two attached hydrogens (primary N) is 1. The van der Waals surface area contributed by atoms with E-state index in [2.05, 4.69) is 11.2 Å². The lowest BCUT2D eigenvalue weighted by molar-refractivity contribution is 0.832. The Morgan fingerprint density at radius 3 is 2.83 bits per heavy atom. The molecule has 0 aromatic carbocycles. The second-order valence-corrected chi connectivity index (χ2v) is 0.920. The molecule has 1 aromatic rings. The number of hydrogen-bond donors (Lipinski definition) is 1. The molecule has 0 fully saturated rings. The molecule has 0 aliphatic heterocycles. The van der Waals surface area contributed by atoms with E-state index in [1.807, 2.05) is 0 Å². The van der Waals surface area contributed by atoms with Crippen molar-refractivity contribution in [3.05, 3.63) is 18.5 Å². The van der Waals surface area contributed by atoms with Gasteiger partial charge >= 0.3 is 0 Å². The normalized spacial score (nSPS) is 8.67. The van der Waals surface area contributed by atoms with Crippen molar-refractivity contribution in [1.29, 1.82) is 0 Å². The topological polar surface area (TPSA) is 43.8 Å². The summed E-state index contributed by atoms with van der Waals surface area (Å²) in [5.41, 5.74) is 0. The van der Waals surface area contributed by atoms with Crippen molar-refractivity contribution in [2.75, 3.05) is 5.84 Å². The predicted molar refractivity (Wildman–Crippen MR) is 21.2 cm³/mol. The molecule has 0 spiro atoms. The number of nitrogens with zero attached hydrogens (tertiary/aromatic N) is 2. The van der Waals surface area contributed by atoms with E-state index in [9.17, 15) is 0 Å². The minimum absolute atomic E-state index is 1.19. The summed E-state index contributed by atoms with van der Waals surface area (Å²) in [6, 6.07) is 2.66. The van der Waals surface area contributed by atoms with Gasteiger partial charge in [-0.15, -0.1) is 0 Å². The van der Waals surface area contributed by atoms with Gasteiger partial charge in [-0.1, -0.05) is 0 Å². The molecule has 0 aliphatic carbocycles. The summed E-state index contributed by atoms with van der Waals surface area (Å²) in [5, 5.41) is 3.56.